The van der Waals surface area contributed by atoms with E-state index in [4.69, 9.17) is 9.95 Å². The van der Waals surface area contributed by atoms with E-state index in [9.17, 15) is 4.79 Å². The van der Waals surface area contributed by atoms with Gasteiger partial charge in [-0.15, -0.1) is 0 Å². The third-order valence-corrected chi connectivity index (χ3v) is 3.40. The lowest BCUT2D eigenvalue weighted by Crippen LogP contribution is -2.21. The van der Waals surface area contributed by atoms with Gasteiger partial charge in [0.05, 0.1) is 0 Å². The fraction of sp³-hybridized carbons (Fsp3) is 0.357. The van der Waals surface area contributed by atoms with Gasteiger partial charge in [0.25, 0.3) is 0 Å². The van der Waals surface area contributed by atoms with Crippen molar-refractivity contribution in [3.05, 3.63) is 34.2 Å². The lowest BCUT2D eigenvalue weighted by molar-refractivity contribution is 0.560. The summed E-state index contributed by atoms with van der Waals surface area (Å²) < 4.78 is 5.29. The SMILES string of the molecule is CCN(CC)c1ccc2c(C)c(N=[N+]=N)c(=O)oc2c1. The van der Waals surface area contributed by atoms with Crippen molar-refractivity contribution in [3.8, 4) is 0 Å². The van der Waals surface area contributed by atoms with E-state index in [1.807, 2.05) is 18.2 Å². The van der Waals surface area contributed by atoms with Crippen LogP contribution in [0.15, 0.2) is 32.5 Å². The molecular weight excluding hydrogens is 256 g/mol. The molecule has 0 aliphatic heterocycles. The topological polar surface area (TPSA) is 83.8 Å². The van der Waals surface area contributed by atoms with Crippen molar-refractivity contribution in [2.45, 2.75) is 20.8 Å². The highest BCUT2D eigenvalue weighted by Gasteiger charge is 2.15. The molecule has 0 aliphatic rings. The highest BCUT2D eigenvalue weighted by Crippen LogP contribution is 2.27. The van der Waals surface area contributed by atoms with Gasteiger partial charge in [0.1, 0.15) is 11.1 Å². The lowest BCUT2D eigenvalue weighted by atomic mass is 10.1. The van der Waals surface area contributed by atoms with E-state index in [1.54, 1.807) is 6.92 Å². The number of hydrogen-bond acceptors (Lipinski definition) is 5. The van der Waals surface area contributed by atoms with Crippen molar-refractivity contribution in [1.29, 1.82) is 5.53 Å². The molecule has 0 fully saturated rings. The minimum Gasteiger partial charge on any atom is -0.421 e. The molecule has 0 amide bonds. The first-order valence-electron chi connectivity index (χ1n) is 6.52. The van der Waals surface area contributed by atoms with Crippen LogP contribution in [0.2, 0.25) is 0 Å². The zero-order valence-corrected chi connectivity index (χ0v) is 11.8. The molecule has 0 unspecified atom stereocenters. The Morgan fingerprint density at radius 1 is 1.35 bits per heavy atom. The zero-order chi connectivity index (χ0) is 14.7. The molecule has 2 rings (SSSR count). The second kappa shape index (κ2) is 5.67. The number of hydrogen-bond donors (Lipinski definition) is 1. The summed E-state index contributed by atoms with van der Waals surface area (Å²) in [4.78, 5) is 16.9. The number of rotatable bonds is 4. The quantitative estimate of drug-likeness (QED) is 0.527. The van der Waals surface area contributed by atoms with Crippen LogP contribution in [0.5, 0.6) is 0 Å². The highest BCUT2D eigenvalue weighted by molar-refractivity contribution is 5.86. The summed E-state index contributed by atoms with van der Waals surface area (Å²) in [6.07, 6.45) is 0. The van der Waals surface area contributed by atoms with Gasteiger partial charge < -0.3 is 9.32 Å². The molecule has 6 heteroatoms. The fourth-order valence-electron chi connectivity index (χ4n) is 2.29. The van der Waals surface area contributed by atoms with Crippen LogP contribution in [0.4, 0.5) is 11.4 Å². The molecule has 0 aliphatic carbocycles. The standard InChI is InChI=1S/C14H17N4O2/c1-4-18(5-2)10-6-7-11-9(3)13(16-17-15)14(19)20-12(11)8-10/h6-8,15H,4-5H2,1-3H3/q+1. The molecule has 20 heavy (non-hydrogen) atoms. The third kappa shape index (κ3) is 2.33. The number of nitrogens with one attached hydrogen (secondary N) is 1. The largest absolute Gasteiger partial charge is 0.421 e. The van der Waals surface area contributed by atoms with E-state index in [2.05, 4.69) is 28.8 Å². The summed E-state index contributed by atoms with van der Waals surface area (Å²) in [7, 11) is 0. The van der Waals surface area contributed by atoms with Gasteiger partial charge >= 0.3 is 5.63 Å². The molecule has 0 atom stereocenters. The Morgan fingerprint density at radius 2 is 2.05 bits per heavy atom. The average Bonchev–Trinajstić information content (AvgIpc) is 2.44. The number of aryl methyl sites for hydroxylation is 1. The molecular formula is C14H17N4O2+. The molecule has 0 radical (unpaired) electrons. The van der Waals surface area contributed by atoms with Crippen molar-refractivity contribution in [1.82, 2.24) is 4.91 Å². The van der Waals surface area contributed by atoms with Gasteiger partial charge in [0, 0.05) is 35.8 Å². The summed E-state index contributed by atoms with van der Waals surface area (Å²) in [5.41, 5.74) is 8.49. The Morgan fingerprint density at radius 3 is 2.65 bits per heavy atom. The van der Waals surface area contributed by atoms with Crippen LogP contribution in [0, 0.1) is 12.5 Å². The van der Waals surface area contributed by atoms with E-state index < -0.39 is 5.63 Å². The predicted octanol–water partition coefficient (Wildman–Crippen LogP) is 3.13. The molecule has 1 N–H and O–H groups in total. The van der Waals surface area contributed by atoms with Crippen molar-refractivity contribution in [3.63, 3.8) is 0 Å². The minimum absolute atomic E-state index is 0.0862. The number of nitrogens with zero attached hydrogens (tertiary/aromatic N) is 3. The second-order valence-corrected chi connectivity index (χ2v) is 4.42. The van der Waals surface area contributed by atoms with E-state index in [1.165, 1.54) is 0 Å². The van der Waals surface area contributed by atoms with Crippen LogP contribution in [0.25, 0.3) is 11.0 Å². The molecule has 1 heterocycles. The second-order valence-electron chi connectivity index (χ2n) is 4.42. The van der Waals surface area contributed by atoms with Crippen molar-refractivity contribution in [2.75, 3.05) is 18.0 Å². The van der Waals surface area contributed by atoms with Crippen LogP contribution in [-0.2, 0) is 0 Å². The van der Waals surface area contributed by atoms with Gasteiger partial charge in [-0.3, -0.25) is 0 Å². The number of benzene rings is 1. The van der Waals surface area contributed by atoms with E-state index >= 15 is 0 Å². The third-order valence-electron chi connectivity index (χ3n) is 3.40. The zero-order valence-electron chi connectivity index (χ0n) is 11.8. The number of fused-ring (bicyclic) bond motifs is 1. The van der Waals surface area contributed by atoms with Crippen LogP contribution in [-0.4, -0.2) is 13.1 Å². The first-order chi connectivity index (χ1) is 9.62. The van der Waals surface area contributed by atoms with Crippen molar-refractivity contribution >= 4 is 22.3 Å². The average molecular weight is 273 g/mol. The van der Waals surface area contributed by atoms with Gasteiger partial charge in [-0.1, -0.05) is 0 Å². The Labute approximate surface area is 116 Å². The maximum atomic E-state index is 11.8. The monoisotopic (exact) mass is 273 g/mol. The normalized spacial score (nSPS) is 10.3. The number of anilines is 1. The van der Waals surface area contributed by atoms with E-state index in [-0.39, 0.29) is 5.69 Å². The molecule has 2 aromatic rings. The molecule has 104 valence electrons. The smallest absolute Gasteiger partial charge is 0.370 e. The first kappa shape index (κ1) is 14.0. The fourth-order valence-corrected chi connectivity index (χ4v) is 2.29. The predicted molar refractivity (Wildman–Crippen MR) is 77.7 cm³/mol. The Bertz CT molecular complexity index is 741. The first-order valence-corrected chi connectivity index (χ1v) is 6.52. The van der Waals surface area contributed by atoms with Crippen LogP contribution in [0.1, 0.15) is 19.4 Å². The van der Waals surface area contributed by atoms with Gasteiger partial charge in [0.2, 0.25) is 10.6 Å². The maximum Gasteiger partial charge on any atom is 0.370 e. The van der Waals surface area contributed by atoms with Crippen molar-refractivity contribution in [2.24, 2.45) is 5.11 Å². The summed E-state index contributed by atoms with van der Waals surface area (Å²) in [5, 5.41) is 4.33. The molecule has 0 saturated heterocycles. The van der Waals surface area contributed by atoms with Crippen molar-refractivity contribution < 1.29 is 4.42 Å². The summed E-state index contributed by atoms with van der Waals surface area (Å²) >= 11 is 0. The van der Waals surface area contributed by atoms with Gasteiger partial charge in [-0.2, -0.15) is 0 Å². The molecule has 0 bridgehead atoms. The Hall–Kier alpha value is -2.46. The van der Waals surface area contributed by atoms with Crippen LogP contribution in [0.3, 0.4) is 0 Å². The van der Waals surface area contributed by atoms with Crippen LogP contribution < -0.4 is 15.4 Å². The summed E-state index contributed by atoms with van der Waals surface area (Å²) in [6, 6.07) is 5.76. The Kier molecular flexibility index (Phi) is 3.96. The van der Waals surface area contributed by atoms with Crippen LogP contribution >= 0.6 is 0 Å². The molecule has 1 aromatic heterocycles. The van der Waals surface area contributed by atoms with Gasteiger partial charge in [0.15, 0.2) is 5.11 Å². The molecule has 1 aromatic carbocycles. The Balaban J connectivity index is 2.69. The molecule has 0 spiro atoms. The van der Waals surface area contributed by atoms with E-state index in [0.717, 1.165) is 24.2 Å². The summed E-state index contributed by atoms with van der Waals surface area (Å²) in [5.74, 6) is 0. The lowest BCUT2D eigenvalue weighted by Gasteiger charge is -2.21. The molecule has 6 nitrogen and oxygen atoms in total. The van der Waals surface area contributed by atoms with Gasteiger partial charge in [-0.25, -0.2) is 4.79 Å². The maximum absolute atomic E-state index is 11.8. The van der Waals surface area contributed by atoms with E-state index in [0.29, 0.717) is 11.1 Å². The van der Waals surface area contributed by atoms with Gasteiger partial charge in [-0.05, 0) is 32.9 Å². The minimum atomic E-state index is -0.567. The molecule has 0 saturated carbocycles. The summed E-state index contributed by atoms with van der Waals surface area (Å²) in [6.45, 7) is 7.70. The highest BCUT2D eigenvalue weighted by atomic mass is 16.4.